The molecule has 0 aliphatic carbocycles. The molecule has 5 heteroatoms. The molecular formula is C21H17N3OS. The van der Waals surface area contributed by atoms with E-state index in [1.165, 1.54) is 11.1 Å². The lowest BCUT2D eigenvalue weighted by atomic mass is 10.0. The molecule has 1 aromatic heterocycles. The van der Waals surface area contributed by atoms with Crippen molar-refractivity contribution in [2.45, 2.75) is 17.5 Å². The van der Waals surface area contributed by atoms with Crippen LogP contribution in [-0.2, 0) is 6.42 Å². The fourth-order valence-electron chi connectivity index (χ4n) is 3.66. The number of pyridine rings is 1. The number of carbonyl (C=O) groups is 1. The van der Waals surface area contributed by atoms with Gasteiger partial charge in [0, 0.05) is 17.5 Å². The van der Waals surface area contributed by atoms with Gasteiger partial charge in [-0.3, -0.25) is 4.90 Å². The zero-order chi connectivity index (χ0) is 17.5. The Labute approximate surface area is 156 Å². The van der Waals surface area contributed by atoms with Crippen molar-refractivity contribution in [1.29, 1.82) is 0 Å². The Kier molecular flexibility index (Phi) is 3.68. The van der Waals surface area contributed by atoms with Crippen molar-refractivity contribution >= 4 is 29.2 Å². The first-order chi connectivity index (χ1) is 12.8. The predicted molar refractivity (Wildman–Crippen MR) is 104 cm³/mol. The van der Waals surface area contributed by atoms with Crippen LogP contribution in [0, 0.1) is 0 Å². The third-order valence-electron chi connectivity index (χ3n) is 4.83. The smallest absolute Gasteiger partial charge is 0.327 e. The fraction of sp³-hybridized carbons (Fsp3) is 0.143. The molecule has 2 amide bonds. The second kappa shape index (κ2) is 6.18. The SMILES string of the molecule is O=C1NC2CSc3nccc(c32)N1c1cccc(Cc2ccccc2)c1. The summed E-state index contributed by atoms with van der Waals surface area (Å²) in [6.07, 6.45) is 2.64. The van der Waals surface area contributed by atoms with Gasteiger partial charge in [-0.2, -0.15) is 0 Å². The Morgan fingerprint density at radius 2 is 1.92 bits per heavy atom. The number of rotatable bonds is 3. The van der Waals surface area contributed by atoms with E-state index in [-0.39, 0.29) is 12.1 Å². The van der Waals surface area contributed by atoms with E-state index in [4.69, 9.17) is 0 Å². The molecule has 5 rings (SSSR count). The number of nitrogens with one attached hydrogen (secondary N) is 1. The standard InChI is InChI=1S/C21H17N3OS/c25-21-23-17-13-26-20-19(17)18(9-10-22-20)24(21)16-8-4-7-15(12-16)11-14-5-2-1-3-6-14/h1-10,12,17H,11,13H2,(H,23,25). The van der Waals surface area contributed by atoms with Crippen LogP contribution in [0.1, 0.15) is 22.7 Å². The minimum Gasteiger partial charge on any atom is -0.330 e. The molecule has 26 heavy (non-hydrogen) atoms. The van der Waals surface area contributed by atoms with Crippen molar-refractivity contribution in [2.75, 3.05) is 10.7 Å². The molecule has 1 N–H and O–H groups in total. The summed E-state index contributed by atoms with van der Waals surface area (Å²) >= 11 is 1.71. The molecule has 0 bridgehead atoms. The van der Waals surface area contributed by atoms with Crippen molar-refractivity contribution in [1.82, 2.24) is 10.3 Å². The molecule has 0 spiro atoms. The van der Waals surface area contributed by atoms with E-state index >= 15 is 0 Å². The molecule has 0 saturated heterocycles. The second-order valence-corrected chi connectivity index (χ2v) is 7.54. The Hall–Kier alpha value is -2.79. The quantitative estimate of drug-likeness (QED) is 0.738. The minimum atomic E-state index is -0.0704. The highest BCUT2D eigenvalue weighted by Gasteiger charge is 2.37. The van der Waals surface area contributed by atoms with E-state index in [1.807, 2.05) is 24.3 Å². The van der Waals surface area contributed by atoms with Gasteiger partial charge >= 0.3 is 6.03 Å². The molecule has 2 aliphatic heterocycles. The number of hydrogen-bond donors (Lipinski definition) is 1. The average molecular weight is 359 g/mol. The summed E-state index contributed by atoms with van der Waals surface area (Å²) in [5, 5.41) is 4.14. The van der Waals surface area contributed by atoms with Gasteiger partial charge in [0.15, 0.2) is 0 Å². The molecule has 3 heterocycles. The average Bonchev–Trinajstić information content (AvgIpc) is 3.07. The first kappa shape index (κ1) is 15.5. The van der Waals surface area contributed by atoms with Crippen LogP contribution >= 0.6 is 11.8 Å². The molecule has 0 saturated carbocycles. The predicted octanol–water partition coefficient (Wildman–Crippen LogP) is 4.68. The molecule has 2 aromatic carbocycles. The molecule has 1 atom stereocenters. The Morgan fingerprint density at radius 3 is 2.81 bits per heavy atom. The molecule has 4 nitrogen and oxygen atoms in total. The maximum absolute atomic E-state index is 12.8. The zero-order valence-electron chi connectivity index (χ0n) is 14.1. The maximum atomic E-state index is 12.8. The highest BCUT2D eigenvalue weighted by molar-refractivity contribution is 7.99. The Balaban J connectivity index is 1.54. The summed E-state index contributed by atoms with van der Waals surface area (Å²) in [4.78, 5) is 19.0. The van der Waals surface area contributed by atoms with E-state index in [0.29, 0.717) is 0 Å². The number of hydrogen-bond acceptors (Lipinski definition) is 3. The third-order valence-corrected chi connectivity index (χ3v) is 5.93. The van der Waals surface area contributed by atoms with Crippen LogP contribution in [0.2, 0.25) is 0 Å². The summed E-state index contributed by atoms with van der Waals surface area (Å²) in [7, 11) is 0. The molecule has 1 unspecified atom stereocenters. The lowest BCUT2D eigenvalue weighted by Crippen LogP contribution is -2.44. The van der Waals surface area contributed by atoms with Crippen molar-refractivity contribution < 1.29 is 4.79 Å². The molecule has 0 fully saturated rings. The lowest BCUT2D eigenvalue weighted by Gasteiger charge is -2.32. The molecule has 128 valence electrons. The molecular weight excluding hydrogens is 342 g/mol. The molecule has 2 aliphatic rings. The highest BCUT2D eigenvalue weighted by atomic mass is 32.2. The Bertz CT molecular complexity index is 990. The highest BCUT2D eigenvalue weighted by Crippen LogP contribution is 2.46. The topological polar surface area (TPSA) is 45.2 Å². The van der Waals surface area contributed by atoms with E-state index < -0.39 is 0 Å². The van der Waals surface area contributed by atoms with E-state index in [9.17, 15) is 4.79 Å². The number of aromatic nitrogens is 1. The number of urea groups is 1. The number of anilines is 2. The number of benzene rings is 2. The van der Waals surface area contributed by atoms with Crippen LogP contribution in [0.4, 0.5) is 16.2 Å². The first-order valence-corrected chi connectivity index (χ1v) is 9.63. The second-order valence-electron chi connectivity index (χ2n) is 6.53. The summed E-state index contributed by atoms with van der Waals surface area (Å²) in [5.41, 5.74) is 5.42. The summed E-state index contributed by atoms with van der Waals surface area (Å²) < 4.78 is 0. The van der Waals surface area contributed by atoms with Gasteiger partial charge in [0.2, 0.25) is 0 Å². The van der Waals surface area contributed by atoms with Crippen LogP contribution < -0.4 is 10.2 Å². The minimum absolute atomic E-state index is 0.0648. The van der Waals surface area contributed by atoms with Crippen molar-refractivity contribution in [3.8, 4) is 0 Å². The van der Waals surface area contributed by atoms with E-state index in [2.05, 4.69) is 46.7 Å². The van der Waals surface area contributed by atoms with Crippen LogP contribution in [0.3, 0.4) is 0 Å². The van der Waals surface area contributed by atoms with Gasteiger partial charge in [0.05, 0.1) is 17.4 Å². The van der Waals surface area contributed by atoms with Gasteiger partial charge in [0.25, 0.3) is 0 Å². The first-order valence-electron chi connectivity index (χ1n) is 8.65. The largest absolute Gasteiger partial charge is 0.330 e. The molecule has 0 radical (unpaired) electrons. The number of carbonyl (C=O) groups excluding carboxylic acids is 1. The monoisotopic (exact) mass is 359 g/mol. The summed E-state index contributed by atoms with van der Waals surface area (Å²) in [5.74, 6) is 0.854. The van der Waals surface area contributed by atoms with Crippen LogP contribution in [0.15, 0.2) is 71.9 Å². The van der Waals surface area contributed by atoms with Crippen molar-refractivity contribution in [3.05, 3.63) is 83.6 Å². The van der Waals surface area contributed by atoms with Crippen LogP contribution in [-0.4, -0.2) is 16.8 Å². The van der Waals surface area contributed by atoms with Gasteiger partial charge < -0.3 is 5.32 Å². The van der Waals surface area contributed by atoms with E-state index in [1.54, 1.807) is 22.9 Å². The summed E-state index contributed by atoms with van der Waals surface area (Å²) in [6.45, 7) is 0. The van der Waals surface area contributed by atoms with Crippen molar-refractivity contribution in [2.24, 2.45) is 0 Å². The van der Waals surface area contributed by atoms with Gasteiger partial charge in [0.1, 0.15) is 5.03 Å². The Morgan fingerprint density at radius 1 is 1.08 bits per heavy atom. The van der Waals surface area contributed by atoms with Crippen LogP contribution in [0.5, 0.6) is 0 Å². The van der Waals surface area contributed by atoms with Gasteiger partial charge in [-0.15, -0.1) is 11.8 Å². The number of thioether (sulfide) groups is 1. The van der Waals surface area contributed by atoms with E-state index in [0.717, 1.165) is 34.1 Å². The molecule has 3 aromatic rings. The normalized spacial score (nSPS) is 17.8. The third kappa shape index (κ3) is 2.56. The van der Waals surface area contributed by atoms with Gasteiger partial charge in [-0.25, -0.2) is 9.78 Å². The lowest BCUT2D eigenvalue weighted by molar-refractivity contribution is 0.244. The van der Waals surface area contributed by atoms with Gasteiger partial charge in [-0.05, 0) is 35.7 Å². The number of amides is 2. The van der Waals surface area contributed by atoms with Crippen molar-refractivity contribution in [3.63, 3.8) is 0 Å². The zero-order valence-corrected chi connectivity index (χ0v) is 14.9. The fourth-order valence-corrected chi connectivity index (χ4v) is 4.77. The number of nitrogens with zero attached hydrogens (tertiary/aromatic N) is 2. The van der Waals surface area contributed by atoms with Gasteiger partial charge in [-0.1, -0.05) is 42.5 Å². The summed E-state index contributed by atoms with van der Waals surface area (Å²) in [6, 6.07) is 20.5. The maximum Gasteiger partial charge on any atom is 0.327 e. The van der Waals surface area contributed by atoms with Crippen LogP contribution in [0.25, 0.3) is 0 Å².